The van der Waals surface area contributed by atoms with Crippen molar-refractivity contribution in [1.29, 1.82) is 0 Å². The van der Waals surface area contributed by atoms with Gasteiger partial charge in [-0.05, 0) is 12.6 Å². The summed E-state index contributed by atoms with van der Waals surface area (Å²) in [6.45, 7) is 3.41. The number of carbonyl (C=O) groups is 1. The number of carbonyl (C=O) groups excluding carboxylic acids is 1. The van der Waals surface area contributed by atoms with Gasteiger partial charge in [0, 0.05) is 18.9 Å². The van der Waals surface area contributed by atoms with Crippen molar-refractivity contribution in [1.82, 2.24) is 14.9 Å². The lowest BCUT2D eigenvalue weighted by atomic mass is 10.4. The minimum absolute atomic E-state index is 0.0446. The first-order valence-electron chi connectivity index (χ1n) is 5.16. The first-order valence-corrected chi connectivity index (χ1v) is 5.16. The van der Waals surface area contributed by atoms with Gasteiger partial charge in [-0.25, -0.2) is 9.97 Å². The summed E-state index contributed by atoms with van der Waals surface area (Å²) in [7, 11) is 0. The number of nitrogens with one attached hydrogen (secondary N) is 1. The topological polar surface area (TPSA) is 78.4 Å². The van der Waals surface area contributed by atoms with Gasteiger partial charge in [-0.15, -0.1) is 0 Å². The van der Waals surface area contributed by atoms with Crippen LogP contribution in [-0.4, -0.2) is 52.1 Å². The number of hydrogen-bond acceptors (Lipinski definition) is 5. The minimum atomic E-state index is -0.179. The van der Waals surface area contributed by atoms with Crippen molar-refractivity contribution in [2.45, 2.75) is 6.92 Å². The molecule has 1 heterocycles. The number of likely N-dealkylation sites (N-methyl/N-ethyl adjacent to an activating group) is 1. The molecule has 6 nitrogen and oxygen atoms in total. The monoisotopic (exact) mass is 224 g/mol. The Hall–Kier alpha value is -1.53. The fourth-order valence-corrected chi connectivity index (χ4v) is 1.22. The Bertz CT molecular complexity index is 318. The van der Waals surface area contributed by atoms with Crippen LogP contribution in [0.5, 0.6) is 0 Å². The van der Waals surface area contributed by atoms with Crippen LogP contribution in [0.1, 0.15) is 6.92 Å². The summed E-state index contributed by atoms with van der Waals surface area (Å²) in [6, 6.07) is 1.68. The van der Waals surface area contributed by atoms with Gasteiger partial charge < -0.3 is 5.11 Å². The molecule has 0 saturated heterocycles. The van der Waals surface area contributed by atoms with Crippen molar-refractivity contribution in [2.24, 2.45) is 0 Å². The highest BCUT2D eigenvalue weighted by atomic mass is 16.3. The van der Waals surface area contributed by atoms with Crippen molar-refractivity contribution in [2.75, 3.05) is 31.6 Å². The van der Waals surface area contributed by atoms with Crippen LogP contribution in [0, 0.1) is 0 Å². The van der Waals surface area contributed by atoms with E-state index in [9.17, 15) is 4.79 Å². The van der Waals surface area contributed by atoms with E-state index in [1.165, 1.54) is 0 Å². The molecule has 1 aromatic heterocycles. The van der Waals surface area contributed by atoms with Crippen molar-refractivity contribution in [3.63, 3.8) is 0 Å². The van der Waals surface area contributed by atoms with Gasteiger partial charge in [-0.1, -0.05) is 6.92 Å². The van der Waals surface area contributed by atoms with Crippen LogP contribution in [0.3, 0.4) is 0 Å². The van der Waals surface area contributed by atoms with Crippen LogP contribution in [0.2, 0.25) is 0 Å². The first kappa shape index (κ1) is 12.5. The smallest absolute Gasteiger partial charge is 0.240 e. The number of aliphatic hydroxyl groups is 1. The fourth-order valence-electron chi connectivity index (χ4n) is 1.22. The van der Waals surface area contributed by atoms with Crippen molar-refractivity contribution < 1.29 is 9.90 Å². The maximum Gasteiger partial charge on any atom is 0.240 e. The molecule has 0 aromatic carbocycles. The molecule has 0 aliphatic heterocycles. The second kappa shape index (κ2) is 6.86. The molecule has 0 aliphatic rings. The molecule has 0 bridgehead atoms. The largest absolute Gasteiger partial charge is 0.395 e. The lowest BCUT2D eigenvalue weighted by Crippen LogP contribution is -2.35. The average molecular weight is 224 g/mol. The molecule has 0 aliphatic carbocycles. The first-order chi connectivity index (χ1) is 7.76. The van der Waals surface area contributed by atoms with E-state index in [0.717, 1.165) is 0 Å². The Labute approximate surface area is 94.3 Å². The molecule has 1 rings (SSSR count). The predicted octanol–water partition coefficient (Wildman–Crippen LogP) is -0.271. The maximum absolute atomic E-state index is 11.5. The third-order valence-electron chi connectivity index (χ3n) is 2.05. The number of amides is 1. The maximum atomic E-state index is 11.5. The molecular formula is C10H16N4O2. The number of nitrogens with zero attached hydrogens (tertiary/aromatic N) is 3. The van der Waals surface area contributed by atoms with Crippen molar-refractivity contribution >= 4 is 11.9 Å². The summed E-state index contributed by atoms with van der Waals surface area (Å²) < 4.78 is 0. The van der Waals surface area contributed by atoms with Gasteiger partial charge in [0.15, 0.2) is 0 Å². The number of hydrogen-bond donors (Lipinski definition) is 2. The quantitative estimate of drug-likeness (QED) is 0.695. The highest BCUT2D eigenvalue weighted by molar-refractivity contribution is 5.90. The standard InChI is InChI=1S/C10H16N4O2/c1-2-14(6-7-15)8-9(16)13-10-11-4-3-5-12-10/h3-5,15H,2,6-8H2,1H3,(H,11,12,13,16). The molecular weight excluding hydrogens is 208 g/mol. The van der Waals surface area contributed by atoms with Crippen LogP contribution in [0.4, 0.5) is 5.95 Å². The van der Waals surface area contributed by atoms with Crippen LogP contribution >= 0.6 is 0 Å². The van der Waals surface area contributed by atoms with E-state index in [-0.39, 0.29) is 19.1 Å². The third-order valence-corrected chi connectivity index (χ3v) is 2.05. The lowest BCUT2D eigenvalue weighted by Gasteiger charge is -2.17. The molecule has 0 unspecified atom stereocenters. The number of anilines is 1. The molecule has 0 atom stereocenters. The average Bonchev–Trinajstić information content (AvgIpc) is 2.29. The highest BCUT2D eigenvalue weighted by Gasteiger charge is 2.09. The molecule has 0 saturated carbocycles. The van der Waals surface area contributed by atoms with E-state index in [2.05, 4.69) is 15.3 Å². The molecule has 6 heteroatoms. The summed E-state index contributed by atoms with van der Waals surface area (Å²) in [4.78, 5) is 21.1. The highest BCUT2D eigenvalue weighted by Crippen LogP contribution is 1.95. The van der Waals surface area contributed by atoms with Crippen LogP contribution in [0.15, 0.2) is 18.5 Å². The SMILES string of the molecule is CCN(CCO)CC(=O)Nc1ncccn1. The second-order valence-corrected chi connectivity index (χ2v) is 3.21. The molecule has 88 valence electrons. The Kier molecular flexibility index (Phi) is 5.38. The van der Waals surface area contributed by atoms with E-state index >= 15 is 0 Å². The molecule has 1 aromatic rings. The Morgan fingerprint density at radius 3 is 2.75 bits per heavy atom. The van der Waals surface area contributed by atoms with Crippen LogP contribution < -0.4 is 5.32 Å². The number of rotatable bonds is 6. The predicted molar refractivity (Wildman–Crippen MR) is 59.9 cm³/mol. The van der Waals surface area contributed by atoms with Crippen LogP contribution in [0.25, 0.3) is 0 Å². The van der Waals surface area contributed by atoms with Gasteiger partial charge in [0.2, 0.25) is 11.9 Å². The third kappa shape index (κ3) is 4.33. The lowest BCUT2D eigenvalue weighted by molar-refractivity contribution is -0.117. The van der Waals surface area contributed by atoms with Crippen molar-refractivity contribution in [3.8, 4) is 0 Å². The van der Waals surface area contributed by atoms with Crippen LogP contribution in [-0.2, 0) is 4.79 Å². The summed E-state index contributed by atoms with van der Waals surface area (Å²) in [5.41, 5.74) is 0. The molecule has 0 radical (unpaired) electrons. The van der Waals surface area contributed by atoms with E-state index < -0.39 is 0 Å². The van der Waals surface area contributed by atoms with E-state index in [1.54, 1.807) is 18.5 Å². The fraction of sp³-hybridized carbons (Fsp3) is 0.500. The van der Waals surface area contributed by atoms with Gasteiger partial charge >= 0.3 is 0 Å². The van der Waals surface area contributed by atoms with E-state index in [1.807, 2.05) is 11.8 Å². The zero-order valence-electron chi connectivity index (χ0n) is 9.26. The van der Waals surface area contributed by atoms with E-state index in [0.29, 0.717) is 19.0 Å². The van der Waals surface area contributed by atoms with Crippen molar-refractivity contribution in [3.05, 3.63) is 18.5 Å². The Morgan fingerprint density at radius 1 is 1.50 bits per heavy atom. The van der Waals surface area contributed by atoms with E-state index in [4.69, 9.17) is 5.11 Å². The molecule has 16 heavy (non-hydrogen) atoms. The van der Waals surface area contributed by atoms with Gasteiger partial charge in [0.1, 0.15) is 0 Å². The normalized spacial score (nSPS) is 10.4. The summed E-state index contributed by atoms with van der Waals surface area (Å²) in [5, 5.41) is 11.4. The van der Waals surface area contributed by atoms with Gasteiger partial charge in [-0.2, -0.15) is 0 Å². The summed E-state index contributed by atoms with van der Waals surface area (Å²) >= 11 is 0. The number of aliphatic hydroxyl groups excluding tert-OH is 1. The molecule has 1 amide bonds. The zero-order chi connectivity index (χ0) is 11.8. The molecule has 0 spiro atoms. The van der Waals surface area contributed by atoms with Gasteiger partial charge in [0.25, 0.3) is 0 Å². The summed E-state index contributed by atoms with van der Waals surface area (Å²) in [5.74, 6) is 0.119. The molecule has 0 fully saturated rings. The molecule has 2 N–H and O–H groups in total. The number of aromatic nitrogens is 2. The minimum Gasteiger partial charge on any atom is -0.395 e. The summed E-state index contributed by atoms with van der Waals surface area (Å²) in [6.07, 6.45) is 3.13. The van der Waals surface area contributed by atoms with Gasteiger partial charge in [0.05, 0.1) is 13.2 Å². The second-order valence-electron chi connectivity index (χ2n) is 3.21. The zero-order valence-corrected chi connectivity index (χ0v) is 9.26. The Balaban J connectivity index is 2.41. The Morgan fingerprint density at radius 2 is 2.19 bits per heavy atom. The van der Waals surface area contributed by atoms with Gasteiger partial charge in [-0.3, -0.25) is 15.0 Å².